The van der Waals surface area contributed by atoms with Gasteiger partial charge in [0.05, 0.1) is 25.0 Å². The molecule has 3 aliphatic rings. The number of rotatable bonds is 9. The van der Waals surface area contributed by atoms with Crippen LogP contribution in [0.5, 0.6) is 5.75 Å². The van der Waals surface area contributed by atoms with Gasteiger partial charge in [-0.05, 0) is 57.2 Å². The van der Waals surface area contributed by atoms with Gasteiger partial charge in [0.25, 0.3) is 0 Å². The molecule has 4 rings (SSSR count). The fourth-order valence-electron chi connectivity index (χ4n) is 5.83. The average molecular weight is 482 g/mol. The van der Waals surface area contributed by atoms with Gasteiger partial charge < -0.3 is 10.1 Å². The number of likely N-dealkylation sites (tertiary alicyclic amines) is 2. The lowest BCUT2D eigenvalue weighted by Gasteiger charge is -2.36. The molecule has 4 atom stereocenters. The van der Waals surface area contributed by atoms with Crippen LogP contribution < -0.4 is 10.1 Å². The normalized spacial score (nSPS) is 24.4. The van der Waals surface area contributed by atoms with Crippen molar-refractivity contribution in [2.45, 2.75) is 64.5 Å². The Morgan fingerprint density at radius 2 is 1.66 bits per heavy atom. The SMILES string of the molecule is COc1ccccc1[C@@H](CNC(=O)[C@H](CC(C)C)N1C(=O)[C@H]2CC=CC[C@H]2C1=O)N1CCCCC1. The van der Waals surface area contributed by atoms with Crippen LogP contribution in [0.15, 0.2) is 36.4 Å². The van der Waals surface area contributed by atoms with Crippen LogP contribution in [0, 0.1) is 17.8 Å². The van der Waals surface area contributed by atoms with Crippen molar-refractivity contribution in [3.05, 3.63) is 42.0 Å². The molecule has 7 heteroatoms. The van der Waals surface area contributed by atoms with Gasteiger partial charge in [-0.2, -0.15) is 0 Å². The summed E-state index contributed by atoms with van der Waals surface area (Å²) in [6, 6.07) is 7.14. The van der Waals surface area contributed by atoms with E-state index >= 15 is 0 Å². The molecular weight excluding hydrogens is 442 g/mol. The number of carbonyl (C=O) groups excluding carboxylic acids is 3. The van der Waals surface area contributed by atoms with Gasteiger partial charge in [-0.3, -0.25) is 24.2 Å². The first-order valence-corrected chi connectivity index (χ1v) is 13.1. The van der Waals surface area contributed by atoms with Crippen molar-refractivity contribution in [2.24, 2.45) is 17.8 Å². The van der Waals surface area contributed by atoms with Crippen LogP contribution in [0.2, 0.25) is 0 Å². The Bertz CT molecular complexity index is 927. The molecule has 1 aromatic rings. The van der Waals surface area contributed by atoms with Gasteiger partial charge in [0, 0.05) is 12.1 Å². The molecule has 2 fully saturated rings. The minimum absolute atomic E-state index is 0.0353. The van der Waals surface area contributed by atoms with Crippen molar-refractivity contribution < 1.29 is 19.1 Å². The van der Waals surface area contributed by atoms with Crippen molar-refractivity contribution in [1.29, 1.82) is 0 Å². The van der Waals surface area contributed by atoms with E-state index in [9.17, 15) is 14.4 Å². The smallest absolute Gasteiger partial charge is 0.243 e. The van der Waals surface area contributed by atoms with E-state index in [1.54, 1.807) is 7.11 Å². The Morgan fingerprint density at radius 1 is 1.03 bits per heavy atom. The average Bonchev–Trinajstić information content (AvgIpc) is 3.13. The quantitative estimate of drug-likeness (QED) is 0.430. The zero-order valence-corrected chi connectivity index (χ0v) is 21.2. The maximum Gasteiger partial charge on any atom is 0.243 e. The van der Waals surface area contributed by atoms with E-state index in [1.807, 2.05) is 44.2 Å². The molecule has 1 aliphatic carbocycles. The first-order valence-electron chi connectivity index (χ1n) is 13.1. The lowest BCUT2D eigenvalue weighted by atomic mass is 9.85. The first-order chi connectivity index (χ1) is 16.9. The zero-order valence-electron chi connectivity index (χ0n) is 21.2. The third-order valence-corrected chi connectivity index (χ3v) is 7.65. The summed E-state index contributed by atoms with van der Waals surface area (Å²) in [7, 11) is 1.67. The highest BCUT2D eigenvalue weighted by atomic mass is 16.5. The maximum atomic E-state index is 13.6. The maximum absolute atomic E-state index is 13.6. The summed E-state index contributed by atoms with van der Waals surface area (Å²) >= 11 is 0. The van der Waals surface area contributed by atoms with E-state index < -0.39 is 6.04 Å². The number of ether oxygens (including phenoxy) is 1. The molecule has 0 aromatic heterocycles. The van der Waals surface area contributed by atoms with Crippen molar-refractivity contribution in [2.75, 3.05) is 26.7 Å². The molecule has 0 spiro atoms. The second-order valence-electron chi connectivity index (χ2n) is 10.4. The Labute approximate surface area is 208 Å². The van der Waals surface area contributed by atoms with Gasteiger partial charge in [-0.25, -0.2) is 0 Å². The van der Waals surface area contributed by atoms with Crippen LogP contribution in [0.3, 0.4) is 0 Å². The number of fused-ring (bicyclic) bond motifs is 1. The van der Waals surface area contributed by atoms with E-state index in [-0.39, 0.29) is 41.5 Å². The topological polar surface area (TPSA) is 79.0 Å². The molecule has 35 heavy (non-hydrogen) atoms. The molecule has 1 N–H and O–H groups in total. The Morgan fingerprint density at radius 3 is 2.26 bits per heavy atom. The summed E-state index contributed by atoms with van der Waals surface area (Å²) in [6.45, 7) is 6.37. The fraction of sp³-hybridized carbons (Fsp3) is 0.607. The lowest BCUT2D eigenvalue weighted by Crippen LogP contribution is -2.52. The number of hydrogen-bond acceptors (Lipinski definition) is 5. The summed E-state index contributed by atoms with van der Waals surface area (Å²) in [5.74, 6) is -0.320. The molecule has 7 nitrogen and oxygen atoms in total. The first kappa shape index (κ1) is 25.4. The highest BCUT2D eigenvalue weighted by molar-refractivity contribution is 6.08. The number of nitrogens with one attached hydrogen (secondary N) is 1. The van der Waals surface area contributed by atoms with Gasteiger partial charge in [-0.1, -0.05) is 50.6 Å². The monoisotopic (exact) mass is 481 g/mol. The van der Waals surface area contributed by atoms with Crippen molar-refractivity contribution in [1.82, 2.24) is 15.1 Å². The molecule has 0 bridgehead atoms. The number of amides is 3. The molecule has 2 aliphatic heterocycles. The third kappa shape index (κ3) is 5.45. The Hall–Kier alpha value is -2.67. The molecule has 1 aromatic carbocycles. The predicted octanol–water partition coefficient (Wildman–Crippen LogP) is 3.70. The zero-order chi connectivity index (χ0) is 24.9. The van der Waals surface area contributed by atoms with E-state index in [2.05, 4.69) is 16.3 Å². The predicted molar refractivity (Wildman–Crippen MR) is 135 cm³/mol. The highest BCUT2D eigenvalue weighted by Crippen LogP contribution is 2.37. The standard InChI is InChI=1S/C28H39N3O4/c1-19(2)17-23(31-27(33)20-11-5-6-12-21(20)28(31)34)26(32)29-18-24(30-15-9-4-10-16-30)22-13-7-8-14-25(22)35-3/h5-8,13-14,19-21,23-24H,4,9-12,15-18H2,1-3H3,(H,29,32)/t20-,21+,23-,24+/m0/s1. The molecule has 0 saturated carbocycles. The van der Waals surface area contributed by atoms with Crippen LogP contribution >= 0.6 is 0 Å². The van der Waals surface area contributed by atoms with Gasteiger partial charge in [0.2, 0.25) is 17.7 Å². The summed E-state index contributed by atoms with van der Waals surface area (Å²) in [6.07, 6.45) is 9.03. The minimum Gasteiger partial charge on any atom is -0.496 e. The number of piperidine rings is 1. The number of nitrogens with zero attached hydrogens (tertiary/aromatic N) is 2. The van der Waals surface area contributed by atoms with Crippen molar-refractivity contribution in [3.8, 4) is 5.75 Å². The summed E-state index contributed by atoms with van der Waals surface area (Å²) in [5.41, 5.74) is 1.04. The molecule has 0 radical (unpaired) electrons. The third-order valence-electron chi connectivity index (χ3n) is 7.65. The molecule has 2 heterocycles. The number of methoxy groups -OCH3 is 1. The van der Waals surface area contributed by atoms with Crippen LogP contribution in [0.25, 0.3) is 0 Å². The van der Waals surface area contributed by atoms with Crippen LogP contribution in [-0.2, 0) is 14.4 Å². The van der Waals surface area contributed by atoms with Gasteiger partial charge >= 0.3 is 0 Å². The van der Waals surface area contributed by atoms with E-state index in [4.69, 9.17) is 4.74 Å². The lowest BCUT2D eigenvalue weighted by molar-refractivity contribution is -0.148. The summed E-state index contributed by atoms with van der Waals surface area (Å²) < 4.78 is 5.64. The summed E-state index contributed by atoms with van der Waals surface area (Å²) in [5, 5.41) is 3.14. The highest BCUT2D eigenvalue weighted by Gasteiger charge is 2.51. The number of allylic oxidation sites excluding steroid dienone is 2. The number of benzene rings is 1. The molecular formula is C28H39N3O4. The van der Waals surface area contributed by atoms with Crippen molar-refractivity contribution >= 4 is 17.7 Å². The van der Waals surface area contributed by atoms with Crippen LogP contribution in [0.4, 0.5) is 0 Å². The minimum atomic E-state index is -0.778. The molecule has 2 saturated heterocycles. The van der Waals surface area contributed by atoms with E-state index in [0.29, 0.717) is 25.8 Å². The Balaban J connectivity index is 1.54. The van der Waals surface area contributed by atoms with Crippen molar-refractivity contribution in [3.63, 3.8) is 0 Å². The molecule has 3 amide bonds. The molecule has 0 unspecified atom stereocenters. The summed E-state index contributed by atoms with van der Waals surface area (Å²) in [4.78, 5) is 43.8. The Kier molecular flexibility index (Phi) is 8.26. The fourth-order valence-corrected chi connectivity index (χ4v) is 5.83. The number of imide groups is 1. The van der Waals surface area contributed by atoms with E-state index in [0.717, 1.165) is 37.2 Å². The number of para-hydroxylation sites is 1. The van der Waals surface area contributed by atoms with Crippen LogP contribution in [-0.4, -0.2) is 60.3 Å². The largest absolute Gasteiger partial charge is 0.496 e. The number of hydrogen-bond donors (Lipinski definition) is 1. The second kappa shape index (κ2) is 11.4. The van der Waals surface area contributed by atoms with Crippen LogP contribution in [0.1, 0.15) is 64.0 Å². The number of carbonyl (C=O) groups is 3. The van der Waals surface area contributed by atoms with Gasteiger partial charge in [0.1, 0.15) is 11.8 Å². The second-order valence-corrected chi connectivity index (χ2v) is 10.4. The van der Waals surface area contributed by atoms with Gasteiger partial charge in [-0.15, -0.1) is 0 Å². The molecule has 190 valence electrons. The van der Waals surface area contributed by atoms with Gasteiger partial charge in [0.15, 0.2) is 0 Å². The van der Waals surface area contributed by atoms with E-state index in [1.165, 1.54) is 11.3 Å².